The fraction of sp³-hybridized carbons (Fsp3) is 0.385. The molecule has 2 rings (SSSR count). The maximum Gasteiger partial charge on any atom is 0.228 e. The molecule has 2 aromatic rings. The Bertz CT molecular complexity index is 697. The number of aromatic nitrogens is 4. The molecule has 0 bridgehead atoms. The molecule has 6 nitrogen and oxygen atoms in total. The number of allylic oxidation sites excluding steroid dienone is 1. The van der Waals surface area contributed by atoms with Crippen LogP contribution in [-0.4, -0.2) is 25.7 Å². The Morgan fingerprint density at radius 2 is 2.43 bits per heavy atom. The van der Waals surface area contributed by atoms with Gasteiger partial charge in [-0.1, -0.05) is 19.9 Å². The summed E-state index contributed by atoms with van der Waals surface area (Å²) in [6.07, 6.45) is 2.32. The van der Waals surface area contributed by atoms with E-state index in [2.05, 4.69) is 27.1 Å². The van der Waals surface area contributed by atoms with Gasteiger partial charge in [0, 0.05) is 17.8 Å². The molecular formula is C13H17N5OS2. The number of aromatic amines is 1. The smallest absolute Gasteiger partial charge is 0.228 e. The van der Waals surface area contributed by atoms with Gasteiger partial charge in [0.2, 0.25) is 5.91 Å². The van der Waals surface area contributed by atoms with Crippen LogP contribution in [0.5, 0.6) is 0 Å². The molecule has 0 aliphatic heterocycles. The molecule has 0 fully saturated rings. The molecule has 8 heteroatoms. The summed E-state index contributed by atoms with van der Waals surface area (Å²) in [5, 5.41) is 12.3. The van der Waals surface area contributed by atoms with Crippen molar-refractivity contribution in [1.82, 2.24) is 19.7 Å². The average Bonchev–Trinajstić information content (AvgIpc) is 3.00. The third-order valence-corrected chi connectivity index (χ3v) is 3.91. The van der Waals surface area contributed by atoms with Crippen LogP contribution in [0.25, 0.3) is 0 Å². The number of H-pyrrole nitrogens is 1. The molecule has 0 saturated heterocycles. The van der Waals surface area contributed by atoms with Crippen molar-refractivity contribution in [3.63, 3.8) is 0 Å². The van der Waals surface area contributed by atoms with E-state index in [0.29, 0.717) is 22.9 Å². The Morgan fingerprint density at radius 1 is 1.67 bits per heavy atom. The summed E-state index contributed by atoms with van der Waals surface area (Å²) in [5.74, 6) is 0.693. The van der Waals surface area contributed by atoms with E-state index < -0.39 is 0 Å². The van der Waals surface area contributed by atoms with Gasteiger partial charge in [-0.3, -0.25) is 14.5 Å². The fourth-order valence-electron chi connectivity index (χ4n) is 1.66. The highest BCUT2D eigenvalue weighted by Crippen LogP contribution is 2.18. The van der Waals surface area contributed by atoms with Crippen molar-refractivity contribution in [3.8, 4) is 0 Å². The van der Waals surface area contributed by atoms with E-state index in [1.807, 2.05) is 23.8 Å². The zero-order valence-electron chi connectivity index (χ0n) is 11.9. The Balaban J connectivity index is 2.11. The van der Waals surface area contributed by atoms with Crippen molar-refractivity contribution in [2.45, 2.75) is 26.8 Å². The van der Waals surface area contributed by atoms with Gasteiger partial charge in [0.05, 0.1) is 12.1 Å². The summed E-state index contributed by atoms with van der Waals surface area (Å²) < 4.78 is 2.43. The quantitative estimate of drug-likeness (QED) is 0.633. The molecule has 2 heterocycles. The van der Waals surface area contributed by atoms with Crippen LogP contribution in [0.3, 0.4) is 0 Å². The highest BCUT2D eigenvalue weighted by molar-refractivity contribution is 7.71. The van der Waals surface area contributed by atoms with Crippen LogP contribution in [0, 0.1) is 10.7 Å². The van der Waals surface area contributed by atoms with Crippen LogP contribution in [0.15, 0.2) is 18.0 Å². The minimum absolute atomic E-state index is 0.0368. The van der Waals surface area contributed by atoms with E-state index >= 15 is 0 Å². The number of amides is 1. The first-order valence-electron chi connectivity index (χ1n) is 6.51. The number of rotatable bonds is 6. The average molecular weight is 323 g/mol. The molecule has 2 aromatic heterocycles. The molecule has 0 aromatic carbocycles. The van der Waals surface area contributed by atoms with Crippen LogP contribution in [0.2, 0.25) is 0 Å². The number of nitrogens with zero attached hydrogens (tertiary/aromatic N) is 3. The summed E-state index contributed by atoms with van der Waals surface area (Å²) in [7, 11) is 0. The molecule has 0 radical (unpaired) electrons. The Hall–Kier alpha value is -1.80. The monoisotopic (exact) mass is 323 g/mol. The van der Waals surface area contributed by atoms with Crippen molar-refractivity contribution < 1.29 is 4.79 Å². The first-order valence-corrected chi connectivity index (χ1v) is 7.80. The molecule has 0 atom stereocenters. The number of hydrogen-bond acceptors (Lipinski definition) is 5. The van der Waals surface area contributed by atoms with Gasteiger partial charge in [-0.2, -0.15) is 5.10 Å². The topological polar surface area (TPSA) is 75.6 Å². The Morgan fingerprint density at radius 3 is 3.10 bits per heavy atom. The van der Waals surface area contributed by atoms with Gasteiger partial charge in [0.25, 0.3) is 0 Å². The van der Waals surface area contributed by atoms with Crippen LogP contribution in [0.4, 0.5) is 5.13 Å². The van der Waals surface area contributed by atoms with Gasteiger partial charge in [-0.25, -0.2) is 4.98 Å². The number of carbonyl (C=O) groups excluding carboxylic acids is 1. The largest absolute Gasteiger partial charge is 0.302 e. The first kappa shape index (κ1) is 15.6. The van der Waals surface area contributed by atoms with E-state index in [1.165, 1.54) is 11.3 Å². The zero-order chi connectivity index (χ0) is 15.4. The minimum Gasteiger partial charge on any atom is -0.302 e. The number of nitrogens with one attached hydrogen (secondary N) is 2. The van der Waals surface area contributed by atoms with Crippen molar-refractivity contribution in [3.05, 3.63) is 34.3 Å². The zero-order valence-corrected chi connectivity index (χ0v) is 13.6. The number of carbonyl (C=O) groups is 1. The van der Waals surface area contributed by atoms with Gasteiger partial charge in [0.15, 0.2) is 9.90 Å². The molecule has 0 spiro atoms. The molecule has 0 saturated carbocycles. The van der Waals surface area contributed by atoms with Crippen LogP contribution < -0.4 is 5.32 Å². The van der Waals surface area contributed by atoms with Crippen molar-refractivity contribution >= 4 is 34.6 Å². The summed E-state index contributed by atoms with van der Waals surface area (Å²) >= 11 is 6.57. The third kappa shape index (κ3) is 3.85. The second-order valence-electron chi connectivity index (χ2n) is 4.81. The lowest BCUT2D eigenvalue weighted by molar-refractivity contribution is -0.118. The second-order valence-corrected chi connectivity index (χ2v) is 6.05. The predicted molar refractivity (Wildman–Crippen MR) is 86.0 cm³/mol. The minimum atomic E-state index is -0.0683. The van der Waals surface area contributed by atoms with Crippen LogP contribution in [-0.2, 0) is 17.8 Å². The van der Waals surface area contributed by atoms with Crippen molar-refractivity contribution in [2.24, 2.45) is 5.92 Å². The van der Waals surface area contributed by atoms with E-state index in [0.717, 1.165) is 11.5 Å². The lowest BCUT2D eigenvalue weighted by atomic mass is 10.2. The van der Waals surface area contributed by atoms with E-state index in [9.17, 15) is 4.79 Å². The Kier molecular flexibility index (Phi) is 5.03. The summed E-state index contributed by atoms with van der Waals surface area (Å²) in [5.41, 5.74) is 0.846. The molecule has 0 unspecified atom stereocenters. The van der Waals surface area contributed by atoms with E-state index in [1.54, 1.807) is 6.08 Å². The molecule has 2 N–H and O–H groups in total. The van der Waals surface area contributed by atoms with Gasteiger partial charge < -0.3 is 5.32 Å². The van der Waals surface area contributed by atoms with Gasteiger partial charge >= 0.3 is 0 Å². The number of anilines is 1. The van der Waals surface area contributed by atoms with Crippen molar-refractivity contribution in [2.75, 3.05) is 5.32 Å². The van der Waals surface area contributed by atoms with Gasteiger partial charge in [-0.05, 0) is 12.2 Å². The maximum absolute atomic E-state index is 11.6. The van der Waals surface area contributed by atoms with Crippen molar-refractivity contribution in [1.29, 1.82) is 0 Å². The van der Waals surface area contributed by atoms with Gasteiger partial charge in [-0.15, -0.1) is 17.9 Å². The molecule has 112 valence electrons. The maximum atomic E-state index is 11.6. The van der Waals surface area contributed by atoms with E-state index in [4.69, 9.17) is 12.2 Å². The molecule has 21 heavy (non-hydrogen) atoms. The third-order valence-electron chi connectivity index (χ3n) is 2.79. The lowest BCUT2D eigenvalue weighted by Gasteiger charge is -2.03. The van der Waals surface area contributed by atoms with Crippen LogP contribution >= 0.6 is 23.6 Å². The predicted octanol–water partition coefficient (Wildman–Crippen LogP) is 2.77. The normalized spacial score (nSPS) is 10.8. The van der Waals surface area contributed by atoms with Crippen LogP contribution in [0.1, 0.15) is 25.4 Å². The molecule has 1 amide bonds. The first-order chi connectivity index (χ1) is 10.0. The lowest BCUT2D eigenvalue weighted by Crippen LogP contribution is -2.17. The molecular weight excluding hydrogens is 306 g/mol. The van der Waals surface area contributed by atoms with Gasteiger partial charge in [0.1, 0.15) is 5.82 Å². The summed E-state index contributed by atoms with van der Waals surface area (Å²) in [6.45, 7) is 8.00. The number of thiazole rings is 1. The second kappa shape index (κ2) is 6.77. The van der Waals surface area contributed by atoms with E-state index in [-0.39, 0.29) is 11.8 Å². The SMILES string of the molecule is C=CCn1c(Cc2csc(NC(=O)C(C)C)n2)n[nH]c1=S. The highest BCUT2D eigenvalue weighted by Gasteiger charge is 2.12. The number of hydrogen-bond donors (Lipinski definition) is 2. The standard InChI is InChI=1S/C13H17N5OS2/c1-4-5-18-10(16-17-13(18)20)6-9-7-21-12(14-9)15-11(19)8(2)3/h4,7-8H,1,5-6H2,2-3H3,(H,17,20)(H,14,15,19). The summed E-state index contributed by atoms with van der Waals surface area (Å²) in [4.78, 5) is 16.0. The Labute approximate surface area is 131 Å². The summed E-state index contributed by atoms with van der Waals surface area (Å²) in [6, 6.07) is 0. The highest BCUT2D eigenvalue weighted by atomic mass is 32.1. The molecule has 0 aliphatic rings. The fourth-order valence-corrected chi connectivity index (χ4v) is 2.60. The molecule has 0 aliphatic carbocycles.